The molecule has 0 aliphatic carbocycles. The number of nitrogens with zero attached hydrogens (tertiary/aromatic N) is 1. The SMILES string of the molecule is CC(NC(=O)Cn1cc(C(F)(F)F)ccc1=O)c1ccc2ccccc2c1. The Hall–Kier alpha value is -3.09. The number of halogens is 3. The minimum atomic E-state index is -4.58. The Morgan fingerprint density at radius 3 is 2.48 bits per heavy atom. The van der Waals surface area contributed by atoms with Crippen molar-refractivity contribution in [3.8, 4) is 0 Å². The van der Waals surface area contributed by atoms with Crippen LogP contribution in [0.2, 0.25) is 0 Å². The number of rotatable bonds is 4. The van der Waals surface area contributed by atoms with Gasteiger partial charge in [0, 0.05) is 12.3 Å². The fraction of sp³-hybridized carbons (Fsp3) is 0.200. The summed E-state index contributed by atoms with van der Waals surface area (Å²) in [5, 5.41) is 4.80. The normalized spacial score (nSPS) is 12.7. The Bertz CT molecular complexity index is 1040. The predicted molar refractivity (Wildman–Crippen MR) is 96.2 cm³/mol. The van der Waals surface area contributed by atoms with Gasteiger partial charge in [0.2, 0.25) is 5.91 Å². The van der Waals surface area contributed by atoms with Crippen molar-refractivity contribution >= 4 is 16.7 Å². The van der Waals surface area contributed by atoms with Gasteiger partial charge in [-0.05, 0) is 35.4 Å². The van der Waals surface area contributed by atoms with Gasteiger partial charge in [0.05, 0.1) is 11.6 Å². The minimum absolute atomic E-state index is 0.358. The molecule has 3 aromatic rings. The first-order chi connectivity index (χ1) is 12.7. The Morgan fingerprint density at radius 1 is 1.07 bits per heavy atom. The van der Waals surface area contributed by atoms with E-state index in [1.54, 1.807) is 6.92 Å². The predicted octanol–water partition coefficient (Wildman–Crippen LogP) is 3.90. The van der Waals surface area contributed by atoms with Crippen molar-refractivity contribution in [2.45, 2.75) is 25.7 Å². The van der Waals surface area contributed by atoms with Crippen LogP contribution < -0.4 is 10.9 Å². The summed E-state index contributed by atoms with van der Waals surface area (Å²) in [4.78, 5) is 24.0. The lowest BCUT2D eigenvalue weighted by atomic mass is 10.0. The molecule has 0 saturated carbocycles. The highest BCUT2D eigenvalue weighted by molar-refractivity contribution is 5.83. The number of aromatic nitrogens is 1. The second kappa shape index (κ2) is 7.26. The molecule has 4 nitrogen and oxygen atoms in total. The fourth-order valence-electron chi connectivity index (χ4n) is 2.82. The third-order valence-corrected chi connectivity index (χ3v) is 4.28. The Kier molecular flexibility index (Phi) is 5.03. The molecular weight excluding hydrogens is 357 g/mol. The van der Waals surface area contributed by atoms with Crippen molar-refractivity contribution in [1.29, 1.82) is 0 Å². The van der Waals surface area contributed by atoms with E-state index in [1.807, 2.05) is 42.5 Å². The van der Waals surface area contributed by atoms with Gasteiger partial charge < -0.3 is 9.88 Å². The first-order valence-electron chi connectivity index (χ1n) is 8.30. The molecule has 140 valence electrons. The molecule has 0 spiro atoms. The van der Waals surface area contributed by atoms with Gasteiger partial charge in [-0.1, -0.05) is 36.4 Å². The second-order valence-electron chi connectivity index (χ2n) is 6.28. The molecule has 1 atom stereocenters. The number of benzene rings is 2. The number of fused-ring (bicyclic) bond motifs is 1. The van der Waals surface area contributed by atoms with Crippen molar-refractivity contribution < 1.29 is 18.0 Å². The fourth-order valence-corrected chi connectivity index (χ4v) is 2.82. The molecule has 0 bridgehead atoms. The summed E-state index contributed by atoms with van der Waals surface area (Å²) in [6.45, 7) is 1.29. The van der Waals surface area contributed by atoms with Crippen LogP contribution in [0.15, 0.2) is 65.6 Å². The van der Waals surface area contributed by atoms with E-state index >= 15 is 0 Å². The van der Waals surface area contributed by atoms with Gasteiger partial charge in [0.15, 0.2) is 0 Å². The zero-order valence-corrected chi connectivity index (χ0v) is 14.5. The van der Waals surface area contributed by atoms with E-state index in [1.165, 1.54) is 0 Å². The van der Waals surface area contributed by atoms with E-state index in [2.05, 4.69) is 5.32 Å². The summed E-state index contributed by atoms with van der Waals surface area (Å²) < 4.78 is 39.1. The molecule has 0 saturated heterocycles. The number of amides is 1. The van der Waals surface area contributed by atoms with Crippen LogP contribution in [-0.4, -0.2) is 10.5 Å². The third kappa shape index (κ3) is 4.36. The molecule has 27 heavy (non-hydrogen) atoms. The summed E-state index contributed by atoms with van der Waals surface area (Å²) >= 11 is 0. The zero-order chi connectivity index (χ0) is 19.6. The Balaban J connectivity index is 1.74. The zero-order valence-electron chi connectivity index (χ0n) is 14.5. The van der Waals surface area contributed by atoms with Gasteiger partial charge in [0.25, 0.3) is 5.56 Å². The molecule has 2 aromatic carbocycles. The maximum absolute atomic E-state index is 12.8. The summed E-state index contributed by atoms with van der Waals surface area (Å²) in [5.41, 5.74) is -0.785. The maximum Gasteiger partial charge on any atom is 0.417 e. The highest BCUT2D eigenvalue weighted by Crippen LogP contribution is 2.28. The molecule has 1 amide bonds. The van der Waals surface area contributed by atoms with E-state index in [-0.39, 0.29) is 6.04 Å². The molecule has 0 aliphatic rings. The lowest BCUT2D eigenvalue weighted by Gasteiger charge is -2.16. The van der Waals surface area contributed by atoms with E-state index in [0.29, 0.717) is 12.3 Å². The number of hydrogen-bond acceptors (Lipinski definition) is 2. The second-order valence-corrected chi connectivity index (χ2v) is 6.28. The third-order valence-electron chi connectivity index (χ3n) is 4.28. The van der Waals surface area contributed by atoms with Crippen LogP contribution in [0.4, 0.5) is 13.2 Å². The van der Waals surface area contributed by atoms with Crippen molar-refractivity contribution in [3.63, 3.8) is 0 Å². The molecule has 0 aliphatic heterocycles. The molecule has 0 fully saturated rings. The Labute approximate surface area is 153 Å². The van der Waals surface area contributed by atoms with Crippen LogP contribution in [-0.2, 0) is 17.5 Å². The van der Waals surface area contributed by atoms with Gasteiger partial charge >= 0.3 is 6.18 Å². The standard InChI is InChI=1S/C20H17F3N2O2/c1-13(15-7-6-14-4-2-3-5-16(14)10-15)24-18(26)12-25-11-17(20(21,22)23)8-9-19(25)27/h2-11,13H,12H2,1H3,(H,24,26). The van der Waals surface area contributed by atoms with Gasteiger partial charge in [-0.15, -0.1) is 0 Å². The molecule has 1 N–H and O–H groups in total. The van der Waals surface area contributed by atoms with Crippen LogP contribution in [0.25, 0.3) is 10.8 Å². The van der Waals surface area contributed by atoms with Crippen molar-refractivity contribution in [2.24, 2.45) is 0 Å². The molecule has 1 unspecified atom stereocenters. The monoisotopic (exact) mass is 374 g/mol. The minimum Gasteiger partial charge on any atom is -0.348 e. The van der Waals surface area contributed by atoms with Crippen LogP contribution >= 0.6 is 0 Å². The molecule has 3 rings (SSSR count). The van der Waals surface area contributed by atoms with Gasteiger partial charge in [-0.25, -0.2) is 0 Å². The smallest absolute Gasteiger partial charge is 0.348 e. The average Bonchev–Trinajstić information content (AvgIpc) is 2.62. The molecule has 0 radical (unpaired) electrons. The number of carbonyl (C=O) groups excluding carboxylic acids is 1. The van der Waals surface area contributed by atoms with E-state index in [4.69, 9.17) is 0 Å². The van der Waals surface area contributed by atoms with E-state index < -0.39 is 29.8 Å². The van der Waals surface area contributed by atoms with E-state index in [9.17, 15) is 22.8 Å². The number of alkyl halides is 3. The van der Waals surface area contributed by atoms with E-state index in [0.717, 1.165) is 27.0 Å². The first-order valence-corrected chi connectivity index (χ1v) is 8.30. The number of pyridine rings is 1. The van der Waals surface area contributed by atoms with Gasteiger partial charge in [0.1, 0.15) is 6.54 Å². The molecular formula is C20H17F3N2O2. The summed E-state index contributed by atoms with van der Waals surface area (Å²) in [6, 6.07) is 14.7. The average molecular weight is 374 g/mol. The van der Waals surface area contributed by atoms with Crippen LogP contribution in [0.3, 0.4) is 0 Å². The molecule has 1 heterocycles. The summed E-state index contributed by atoms with van der Waals surface area (Å²) in [5.74, 6) is -0.544. The van der Waals surface area contributed by atoms with Crippen molar-refractivity contribution in [3.05, 3.63) is 82.3 Å². The van der Waals surface area contributed by atoms with Gasteiger partial charge in [-0.2, -0.15) is 13.2 Å². The number of carbonyl (C=O) groups is 1. The largest absolute Gasteiger partial charge is 0.417 e. The lowest BCUT2D eigenvalue weighted by molar-refractivity contribution is -0.138. The quantitative estimate of drug-likeness (QED) is 0.753. The number of hydrogen-bond donors (Lipinski definition) is 1. The lowest BCUT2D eigenvalue weighted by Crippen LogP contribution is -2.34. The van der Waals surface area contributed by atoms with Crippen molar-refractivity contribution in [1.82, 2.24) is 9.88 Å². The highest BCUT2D eigenvalue weighted by Gasteiger charge is 2.31. The topological polar surface area (TPSA) is 51.1 Å². The first kappa shape index (κ1) is 18.7. The number of nitrogens with one attached hydrogen (secondary N) is 1. The summed E-state index contributed by atoms with van der Waals surface area (Å²) in [6.07, 6.45) is -3.92. The molecule has 7 heteroatoms. The van der Waals surface area contributed by atoms with Crippen LogP contribution in [0, 0.1) is 0 Å². The van der Waals surface area contributed by atoms with Crippen molar-refractivity contribution in [2.75, 3.05) is 0 Å². The molecule has 1 aromatic heterocycles. The van der Waals surface area contributed by atoms with Crippen LogP contribution in [0.1, 0.15) is 24.1 Å². The highest BCUT2D eigenvalue weighted by atomic mass is 19.4. The summed E-state index contributed by atoms with van der Waals surface area (Å²) in [7, 11) is 0. The van der Waals surface area contributed by atoms with Crippen LogP contribution in [0.5, 0.6) is 0 Å². The maximum atomic E-state index is 12.8. The Morgan fingerprint density at radius 2 is 1.78 bits per heavy atom. The van der Waals surface area contributed by atoms with Gasteiger partial charge in [-0.3, -0.25) is 9.59 Å².